The van der Waals surface area contributed by atoms with Gasteiger partial charge in [0.05, 0.1) is 0 Å². The molecule has 10 aliphatic rings. The Bertz CT molecular complexity index is 937. The molecule has 0 radical (unpaired) electrons. The standard InChI is InChI=1S/C31H45B/c1-9-6-12-15(9)22-21(12)25-26(22)29-27-23-18(24(27)28(25)29)10(2)17-19-13(20(17)23)7-14-16(19)11(3)30(14)31(4,5)8-32/h9-30H,6-8,32H2,1-5H3/t9-,10?,11+,12?,13?,14?,15?,16?,17?,18?,19?,20?,21-,22?,23?,24?,25?,26?,27?,28-,29?,30?/m0/s1. The highest BCUT2D eigenvalue weighted by molar-refractivity contribution is 6.09. The van der Waals surface area contributed by atoms with Gasteiger partial charge in [0.2, 0.25) is 0 Å². The fourth-order valence-corrected chi connectivity index (χ4v) is 16.5. The molecule has 22 atom stereocenters. The van der Waals surface area contributed by atoms with Crippen LogP contribution in [0.5, 0.6) is 0 Å². The summed E-state index contributed by atoms with van der Waals surface area (Å²) in [7, 11) is 2.46. The molecule has 0 saturated heterocycles. The van der Waals surface area contributed by atoms with Crippen molar-refractivity contribution in [2.75, 3.05) is 0 Å². The Hall–Kier alpha value is 0.0649. The van der Waals surface area contributed by atoms with Crippen LogP contribution in [-0.4, -0.2) is 7.85 Å². The van der Waals surface area contributed by atoms with E-state index in [0.717, 1.165) is 35.5 Å². The van der Waals surface area contributed by atoms with Gasteiger partial charge in [-0.2, -0.15) is 0 Å². The van der Waals surface area contributed by atoms with Gasteiger partial charge >= 0.3 is 0 Å². The molecule has 0 N–H and O–H groups in total. The Morgan fingerprint density at radius 1 is 0.531 bits per heavy atom. The van der Waals surface area contributed by atoms with Crippen LogP contribution in [-0.2, 0) is 0 Å². The molecule has 10 fully saturated rings. The molecule has 172 valence electrons. The van der Waals surface area contributed by atoms with Gasteiger partial charge in [-0.25, -0.2) is 0 Å². The fourth-order valence-electron chi connectivity index (χ4n) is 16.5. The lowest BCUT2D eigenvalue weighted by molar-refractivity contribution is -0.439. The van der Waals surface area contributed by atoms with E-state index in [4.69, 9.17) is 0 Å². The predicted octanol–water partition coefficient (Wildman–Crippen LogP) is 5.60. The molecular weight excluding hydrogens is 383 g/mol. The minimum Gasteiger partial charge on any atom is -0.0758 e. The predicted molar refractivity (Wildman–Crippen MR) is 130 cm³/mol. The van der Waals surface area contributed by atoms with E-state index >= 15 is 0 Å². The third-order valence-corrected chi connectivity index (χ3v) is 17.0. The normalized spacial score (nSPS) is 78.2. The largest absolute Gasteiger partial charge is 0.102 e. The highest BCUT2D eigenvalue weighted by Gasteiger charge is 2.89. The van der Waals surface area contributed by atoms with E-state index < -0.39 is 0 Å². The lowest BCUT2D eigenvalue weighted by atomic mass is 9.14. The Morgan fingerprint density at radius 3 is 1.66 bits per heavy atom. The number of hydrogen-bond donors (Lipinski definition) is 0. The summed E-state index contributed by atoms with van der Waals surface area (Å²) in [5.41, 5.74) is 0.581. The number of hydrogen-bond acceptors (Lipinski definition) is 0. The van der Waals surface area contributed by atoms with Gasteiger partial charge in [-0.1, -0.05) is 40.9 Å². The summed E-state index contributed by atoms with van der Waals surface area (Å²) >= 11 is 0. The Balaban J connectivity index is 0.931. The maximum Gasteiger partial charge on any atom is 0.102 e. The van der Waals surface area contributed by atoms with Gasteiger partial charge in [-0.05, 0) is 148 Å². The summed E-state index contributed by atoms with van der Waals surface area (Å²) in [5.74, 6) is 26.1. The molecule has 32 heavy (non-hydrogen) atoms. The summed E-state index contributed by atoms with van der Waals surface area (Å²) in [5, 5.41) is 0. The molecule has 0 aromatic carbocycles. The molecule has 0 heterocycles. The van der Waals surface area contributed by atoms with E-state index in [9.17, 15) is 0 Å². The van der Waals surface area contributed by atoms with Crippen molar-refractivity contribution < 1.29 is 0 Å². The van der Waals surface area contributed by atoms with Crippen LogP contribution in [0.15, 0.2) is 0 Å². The van der Waals surface area contributed by atoms with Crippen LogP contribution < -0.4 is 0 Å². The van der Waals surface area contributed by atoms with Crippen molar-refractivity contribution in [3.8, 4) is 0 Å². The van der Waals surface area contributed by atoms with E-state index in [0.29, 0.717) is 5.41 Å². The fraction of sp³-hybridized carbons (Fsp3) is 1.00. The molecule has 10 aliphatic carbocycles. The lowest BCUT2D eigenvalue weighted by Gasteiger charge is -2.91. The van der Waals surface area contributed by atoms with Crippen molar-refractivity contribution in [2.45, 2.75) is 53.8 Å². The van der Waals surface area contributed by atoms with E-state index in [1.54, 1.807) is 12.8 Å². The first-order chi connectivity index (χ1) is 15.4. The maximum atomic E-state index is 2.78. The Labute approximate surface area is 197 Å². The van der Waals surface area contributed by atoms with Crippen LogP contribution in [0, 0.1) is 136 Å². The quantitative estimate of drug-likeness (QED) is 0.397. The molecule has 1 heteroatoms. The highest BCUT2D eigenvalue weighted by atomic mass is 14.9. The first-order valence-electron chi connectivity index (χ1n) is 15.4. The minimum atomic E-state index is 0.581. The molecule has 0 nitrogen and oxygen atoms in total. The molecule has 10 saturated carbocycles. The van der Waals surface area contributed by atoms with Gasteiger partial charge in [0, 0.05) is 0 Å². The summed E-state index contributed by atoms with van der Waals surface area (Å²) < 4.78 is 0. The Kier molecular flexibility index (Phi) is 2.86. The lowest BCUT2D eigenvalue weighted by Crippen LogP contribution is -2.87. The van der Waals surface area contributed by atoms with Crippen LogP contribution in [0.25, 0.3) is 0 Å². The summed E-state index contributed by atoms with van der Waals surface area (Å²) in [6.45, 7) is 13.2. The van der Waals surface area contributed by atoms with E-state index in [1.165, 1.54) is 101 Å². The second-order valence-electron chi connectivity index (χ2n) is 16.7. The highest BCUT2D eigenvalue weighted by Crippen LogP contribution is 2.93. The minimum absolute atomic E-state index is 0.581. The Morgan fingerprint density at radius 2 is 1.00 bits per heavy atom. The van der Waals surface area contributed by atoms with E-state index in [-0.39, 0.29) is 0 Å². The van der Waals surface area contributed by atoms with Crippen LogP contribution in [0.3, 0.4) is 0 Å². The smallest absolute Gasteiger partial charge is 0.0758 e. The zero-order chi connectivity index (χ0) is 21.3. The molecular formula is C31H45B. The second-order valence-corrected chi connectivity index (χ2v) is 16.7. The van der Waals surface area contributed by atoms with Gasteiger partial charge in [0.15, 0.2) is 0 Å². The van der Waals surface area contributed by atoms with Gasteiger partial charge in [-0.3, -0.25) is 0 Å². The average molecular weight is 429 g/mol. The van der Waals surface area contributed by atoms with E-state index in [1.807, 2.05) is 0 Å². The van der Waals surface area contributed by atoms with Crippen molar-refractivity contribution >= 4 is 7.85 Å². The monoisotopic (exact) mass is 428 g/mol. The second kappa shape index (κ2) is 4.98. The molecule has 0 aromatic heterocycles. The molecule has 0 aliphatic heterocycles. The molecule has 0 bridgehead atoms. The SMILES string of the molecule is BCC(C)(C)C1C2CC3C4C(C(C)C5C4C4C5[C@@H]5C4C4C6C7C(C[C@@H]7C)[C@@H]6C45)C3C2[C@H]1C. The van der Waals surface area contributed by atoms with Gasteiger partial charge in [0.1, 0.15) is 7.85 Å². The third-order valence-electron chi connectivity index (χ3n) is 17.0. The molecule has 0 amide bonds. The number of fused-ring (bicyclic) bond motifs is 23. The van der Waals surface area contributed by atoms with Crippen molar-refractivity contribution in [2.24, 2.45) is 136 Å². The van der Waals surface area contributed by atoms with Crippen LogP contribution in [0.4, 0.5) is 0 Å². The van der Waals surface area contributed by atoms with Gasteiger partial charge < -0.3 is 0 Å². The van der Waals surface area contributed by atoms with Crippen molar-refractivity contribution in [1.29, 1.82) is 0 Å². The maximum absolute atomic E-state index is 2.78. The van der Waals surface area contributed by atoms with E-state index in [2.05, 4.69) is 42.5 Å². The molecule has 10 rings (SSSR count). The summed E-state index contributed by atoms with van der Waals surface area (Å²) in [6.07, 6.45) is 4.66. The van der Waals surface area contributed by atoms with Gasteiger partial charge in [0.25, 0.3) is 0 Å². The first kappa shape index (κ1) is 18.3. The zero-order valence-electron chi connectivity index (χ0n) is 21.3. The van der Waals surface area contributed by atoms with Crippen molar-refractivity contribution in [3.05, 3.63) is 0 Å². The van der Waals surface area contributed by atoms with Crippen LogP contribution in [0.1, 0.15) is 47.5 Å². The zero-order valence-corrected chi connectivity index (χ0v) is 21.3. The first-order valence-corrected chi connectivity index (χ1v) is 15.4. The third kappa shape index (κ3) is 1.43. The average Bonchev–Trinajstić information content (AvgIpc) is 3.09. The van der Waals surface area contributed by atoms with Crippen molar-refractivity contribution in [1.82, 2.24) is 0 Å². The summed E-state index contributed by atoms with van der Waals surface area (Å²) in [6, 6.07) is 0. The number of rotatable bonds is 2. The molecule has 0 aromatic rings. The van der Waals surface area contributed by atoms with Gasteiger partial charge in [-0.15, -0.1) is 0 Å². The van der Waals surface area contributed by atoms with Crippen LogP contribution >= 0.6 is 0 Å². The molecule has 18 unspecified atom stereocenters. The van der Waals surface area contributed by atoms with Crippen LogP contribution in [0.2, 0.25) is 6.32 Å². The molecule has 0 spiro atoms. The summed E-state index contributed by atoms with van der Waals surface area (Å²) in [4.78, 5) is 0. The van der Waals surface area contributed by atoms with Crippen molar-refractivity contribution in [3.63, 3.8) is 0 Å². The topological polar surface area (TPSA) is 0 Å².